The molecule has 3 aromatic rings. The number of terminal acetylenes is 1. The van der Waals surface area contributed by atoms with Crippen LogP contribution in [-0.2, 0) is 0 Å². The van der Waals surface area contributed by atoms with Crippen LogP contribution in [0.3, 0.4) is 0 Å². The number of nitrogens with one attached hydrogen (secondary N) is 1. The number of carbonyl (C=O) groups is 2. The topological polar surface area (TPSA) is 77.5 Å². The van der Waals surface area contributed by atoms with E-state index in [0.717, 1.165) is 30.0 Å². The van der Waals surface area contributed by atoms with E-state index in [1.54, 1.807) is 48.7 Å². The van der Waals surface area contributed by atoms with Crippen LogP contribution < -0.4 is 15.0 Å². The number of rotatable bonds is 10. The number of carbonyl (C=O) groups excluding carboxylic acids is 2. The molecule has 8 nitrogen and oxygen atoms in total. The van der Waals surface area contributed by atoms with Gasteiger partial charge in [0.05, 0.1) is 19.0 Å². The van der Waals surface area contributed by atoms with Gasteiger partial charge in [-0.3, -0.25) is 4.79 Å². The van der Waals surface area contributed by atoms with E-state index in [-0.39, 0.29) is 5.56 Å². The fourth-order valence-electron chi connectivity index (χ4n) is 3.64. The molecule has 0 heterocycles. The lowest BCUT2D eigenvalue weighted by atomic mass is 10.1. The molecule has 0 aliphatic carbocycles. The van der Waals surface area contributed by atoms with E-state index < -0.39 is 11.9 Å². The Balaban J connectivity index is 1.79. The van der Waals surface area contributed by atoms with Gasteiger partial charge in [-0.05, 0) is 87.2 Å². The van der Waals surface area contributed by atoms with Gasteiger partial charge in [0.1, 0.15) is 5.75 Å². The maximum Gasteiger partial charge on any atom is 0.333 e. The third kappa shape index (κ3) is 8.60. The summed E-state index contributed by atoms with van der Waals surface area (Å²) in [6, 6.07) is 17.7. The summed E-state index contributed by atoms with van der Waals surface area (Å²) in [5, 5.41) is 9.45. The van der Waals surface area contributed by atoms with Crippen LogP contribution in [-0.4, -0.2) is 69.4 Å². The maximum atomic E-state index is 13.6. The minimum Gasteiger partial charge on any atom is -0.497 e. The summed E-state index contributed by atoms with van der Waals surface area (Å²) < 4.78 is 5.24. The van der Waals surface area contributed by atoms with Crippen molar-refractivity contribution in [2.24, 2.45) is 5.10 Å². The van der Waals surface area contributed by atoms with E-state index >= 15 is 0 Å². The molecule has 0 aliphatic rings. The van der Waals surface area contributed by atoms with Crippen LogP contribution in [0, 0.1) is 12.3 Å². The Kier molecular flexibility index (Phi) is 10.5. The average Bonchev–Trinajstić information content (AvgIpc) is 2.92. The number of hydrazone groups is 1. The van der Waals surface area contributed by atoms with Gasteiger partial charge in [-0.25, -0.2) is 9.69 Å². The SMILES string of the molecule is C#Cc1ccc(N(C(=O)Nc2ccc(C=NN(C)CCCN(C)C)cc2)C(=O)c2cc(Cl)cc(OC)c2)cc1. The number of imide groups is 1. The number of ether oxygens (including phenoxy) is 1. The Bertz CT molecular complexity index is 1350. The van der Waals surface area contributed by atoms with Crippen LogP contribution in [0.5, 0.6) is 5.75 Å². The Morgan fingerprint density at radius 3 is 2.33 bits per heavy atom. The maximum absolute atomic E-state index is 13.6. The molecule has 0 atom stereocenters. The highest BCUT2D eigenvalue weighted by atomic mass is 35.5. The molecule has 3 amide bonds. The largest absolute Gasteiger partial charge is 0.497 e. The van der Waals surface area contributed by atoms with Crippen LogP contribution in [0.25, 0.3) is 0 Å². The van der Waals surface area contributed by atoms with Crippen molar-refractivity contribution in [3.63, 3.8) is 0 Å². The number of amides is 3. The monoisotopic (exact) mass is 545 g/mol. The van der Waals surface area contributed by atoms with E-state index in [1.165, 1.54) is 19.2 Å². The molecule has 0 aromatic heterocycles. The second kappa shape index (κ2) is 14.0. The summed E-state index contributed by atoms with van der Waals surface area (Å²) in [4.78, 5) is 30.1. The third-order valence-corrected chi connectivity index (χ3v) is 5.92. The van der Waals surface area contributed by atoms with Crippen LogP contribution >= 0.6 is 11.6 Å². The van der Waals surface area contributed by atoms with Crippen molar-refractivity contribution in [3.05, 3.63) is 88.4 Å². The van der Waals surface area contributed by atoms with Crippen molar-refractivity contribution in [1.29, 1.82) is 0 Å². The molecule has 0 radical (unpaired) electrons. The van der Waals surface area contributed by atoms with Crippen molar-refractivity contribution in [2.75, 3.05) is 51.6 Å². The number of hydrogen-bond donors (Lipinski definition) is 1. The zero-order valence-electron chi connectivity index (χ0n) is 22.5. The molecule has 202 valence electrons. The van der Waals surface area contributed by atoms with Gasteiger partial charge in [-0.1, -0.05) is 29.7 Å². The molecule has 0 aliphatic heterocycles. The van der Waals surface area contributed by atoms with Gasteiger partial charge in [0, 0.05) is 35.4 Å². The van der Waals surface area contributed by atoms with Crippen molar-refractivity contribution in [3.8, 4) is 18.1 Å². The Labute approximate surface area is 234 Å². The number of methoxy groups -OCH3 is 1. The molecular formula is C30H32ClN5O3. The van der Waals surface area contributed by atoms with Crippen molar-refractivity contribution in [2.45, 2.75) is 6.42 Å². The minimum absolute atomic E-state index is 0.191. The highest BCUT2D eigenvalue weighted by Gasteiger charge is 2.26. The van der Waals surface area contributed by atoms with E-state index in [1.807, 2.05) is 38.3 Å². The van der Waals surface area contributed by atoms with Gasteiger partial charge in [-0.15, -0.1) is 6.42 Å². The minimum atomic E-state index is -0.644. The first-order valence-electron chi connectivity index (χ1n) is 12.3. The summed E-state index contributed by atoms with van der Waals surface area (Å²) in [5.41, 5.74) is 2.54. The number of hydrogen-bond acceptors (Lipinski definition) is 6. The van der Waals surface area contributed by atoms with Crippen LogP contribution in [0.1, 0.15) is 27.9 Å². The lowest BCUT2D eigenvalue weighted by Crippen LogP contribution is -2.40. The molecule has 3 rings (SSSR count). The summed E-state index contributed by atoms with van der Waals surface area (Å²) in [6.07, 6.45) is 8.24. The van der Waals surface area contributed by atoms with Gasteiger partial charge in [0.25, 0.3) is 5.91 Å². The predicted molar refractivity (Wildman–Crippen MR) is 158 cm³/mol. The van der Waals surface area contributed by atoms with E-state index in [4.69, 9.17) is 22.8 Å². The predicted octanol–water partition coefficient (Wildman–Crippen LogP) is 5.43. The third-order valence-electron chi connectivity index (χ3n) is 5.71. The fraction of sp³-hybridized carbons (Fsp3) is 0.233. The van der Waals surface area contributed by atoms with Crippen molar-refractivity contribution in [1.82, 2.24) is 9.91 Å². The molecule has 9 heteroatoms. The quantitative estimate of drug-likeness (QED) is 0.209. The standard InChI is InChI=1S/C30H32ClN5O3/c1-6-22-10-14-27(15-11-22)36(29(37)24-18-25(31)20-28(19-24)39-5)30(38)33-26-12-8-23(9-13-26)21-32-35(4)17-7-16-34(2)3/h1,8-15,18-21H,7,16-17H2,2-5H3,(H,33,38). The molecule has 0 fully saturated rings. The molecule has 0 saturated heterocycles. The Morgan fingerprint density at radius 2 is 1.72 bits per heavy atom. The Morgan fingerprint density at radius 1 is 1.03 bits per heavy atom. The first-order valence-corrected chi connectivity index (χ1v) is 12.6. The van der Waals surface area contributed by atoms with E-state index in [0.29, 0.717) is 27.7 Å². The highest BCUT2D eigenvalue weighted by Crippen LogP contribution is 2.25. The fourth-order valence-corrected chi connectivity index (χ4v) is 3.86. The smallest absolute Gasteiger partial charge is 0.333 e. The summed E-state index contributed by atoms with van der Waals surface area (Å²) >= 11 is 6.18. The van der Waals surface area contributed by atoms with E-state index in [2.05, 4.69) is 21.2 Å². The molecule has 0 bridgehead atoms. The van der Waals surface area contributed by atoms with Gasteiger partial charge in [-0.2, -0.15) is 5.10 Å². The van der Waals surface area contributed by atoms with Crippen LogP contribution in [0.4, 0.5) is 16.2 Å². The summed E-state index contributed by atoms with van der Waals surface area (Å²) in [7, 11) is 7.49. The van der Waals surface area contributed by atoms with Gasteiger partial charge in [0.2, 0.25) is 0 Å². The molecule has 0 unspecified atom stereocenters. The highest BCUT2D eigenvalue weighted by molar-refractivity contribution is 6.31. The summed E-state index contributed by atoms with van der Waals surface area (Å²) in [5.74, 6) is 2.35. The van der Waals surface area contributed by atoms with Gasteiger partial charge in [0.15, 0.2) is 0 Å². The van der Waals surface area contributed by atoms with Crippen molar-refractivity contribution < 1.29 is 14.3 Å². The van der Waals surface area contributed by atoms with E-state index in [9.17, 15) is 9.59 Å². The normalized spacial score (nSPS) is 10.8. The summed E-state index contributed by atoms with van der Waals surface area (Å²) in [6.45, 7) is 1.83. The molecule has 39 heavy (non-hydrogen) atoms. The van der Waals surface area contributed by atoms with Crippen LogP contribution in [0.2, 0.25) is 5.02 Å². The number of benzene rings is 3. The number of nitrogens with zero attached hydrogens (tertiary/aromatic N) is 4. The molecule has 0 spiro atoms. The van der Waals surface area contributed by atoms with Crippen molar-refractivity contribution >= 4 is 41.1 Å². The first-order chi connectivity index (χ1) is 18.7. The van der Waals surface area contributed by atoms with Gasteiger partial charge >= 0.3 is 6.03 Å². The first kappa shape index (κ1) is 29.2. The molecular weight excluding hydrogens is 514 g/mol. The Hall–Kier alpha value is -4.32. The number of urea groups is 1. The molecule has 3 aromatic carbocycles. The second-order valence-electron chi connectivity index (χ2n) is 9.05. The molecule has 1 N–H and O–H groups in total. The van der Waals surface area contributed by atoms with Crippen LogP contribution in [0.15, 0.2) is 71.8 Å². The zero-order valence-corrected chi connectivity index (χ0v) is 23.3. The number of anilines is 2. The lowest BCUT2D eigenvalue weighted by Gasteiger charge is -2.22. The van der Waals surface area contributed by atoms with Gasteiger partial charge < -0.3 is 20.0 Å². The number of halogens is 1. The lowest BCUT2D eigenvalue weighted by molar-refractivity contribution is 0.0995. The molecule has 0 saturated carbocycles. The zero-order chi connectivity index (χ0) is 28.4. The average molecular weight is 546 g/mol. The second-order valence-corrected chi connectivity index (χ2v) is 9.48.